The lowest BCUT2D eigenvalue weighted by atomic mass is 10.4. The van der Waals surface area contributed by atoms with Crippen molar-refractivity contribution >= 4 is 0 Å². The second kappa shape index (κ2) is 6.46. The number of hydrogen-bond acceptors (Lipinski definition) is 2. The average Bonchev–Trinajstić information content (AvgIpc) is 2.06. The second-order valence-corrected chi connectivity index (χ2v) is 2.78. The molecular weight excluding hydrogens is 162 g/mol. The average molecular weight is 181 g/mol. The fourth-order valence-corrected chi connectivity index (χ4v) is 0.825. The number of pyridine rings is 1. The Hall–Kier alpha value is -1.05. The number of hydrogen-bond donors (Lipinski definition) is 0. The third-order valence-electron chi connectivity index (χ3n) is 1.22. The molecule has 1 heterocycles. The molecular formula is C11H19NO. The zero-order valence-electron chi connectivity index (χ0n) is 9.16. The highest BCUT2D eigenvalue weighted by atomic mass is 16.5. The largest absolute Gasteiger partial charge is 0.475 e. The Labute approximate surface area is 81.0 Å². The van der Waals surface area contributed by atoms with Crippen LogP contribution in [0.2, 0.25) is 0 Å². The van der Waals surface area contributed by atoms with Gasteiger partial charge in [-0.2, -0.15) is 0 Å². The van der Waals surface area contributed by atoms with E-state index in [0.717, 1.165) is 5.69 Å². The van der Waals surface area contributed by atoms with E-state index in [0.29, 0.717) is 5.88 Å². The zero-order chi connectivity index (χ0) is 10.3. The number of ether oxygens (including phenoxy) is 1. The monoisotopic (exact) mass is 181 g/mol. The number of rotatable bonds is 2. The fourth-order valence-electron chi connectivity index (χ4n) is 0.825. The first-order chi connectivity index (χ1) is 6.18. The van der Waals surface area contributed by atoms with Crippen molar-refractivity contribution in [2.45, 2.75) is 40.7 Å². The SMILES string of the molecule is CC.Cc1cccc(OC(C)C)n1. The lowest BCUT2D eigenvalue weighted by Gasteiger charge is -2.07. The van der Waals surface area contributed by atoms with Gasteiger partial charge in [-0.1, -0.05) is 19.9 Å². The standard InChI is InChI=1S/C9H13NO.C2H6/c1-7(2)11-9-6-4-5-8(3)10-9;1-2/h4-7H,1-3H3;1-2H3. The van der Waals surface area contributed by atoms with Crippen molar-refractivity contribution < 1.29 is 4.74 Å². The summed E-state index contributed by atoms with van der Waals surface area (Å²) in [7, 11) is 0. The summed E-state index contributed by atoms with van der Waals surface area (Å²) in [5.41, 5.74) is 0.989. The predicted octanol–water partition coefficient (Wildman–Crippen LogP) is 3.20. The summed E-state index contributed by atoms with van der Waals surface area (Å²) < 4.78 is 5.38. The van der Waals surface area contributed by atoms with E-state index in [4.69, 9.17) is 4.74 Å². The minimum Gasteiger partial charge on any atom is -0.475 e. The molecule has 0 amide bonds. The lowest BCUT2D eigenvalue weighted by molar-refractivity contribution is 0.232. The van der Waals surface area contributed by atoms with Crippen LogP contribution in [0.4, 0.5) is 0 Å². The van der Waals surface area contributed by atoms with Crippen LogP contribution in [-0.2, 0) is 0 Å². The van der Waals surface area contributed by atoms with Crippen LogP contribution >= 0.6 is 0 Å². The molecule has 0 aliphatic heterocycles. The highest BCUT2D eigenvalue weighted by Crippen LogP contribution is 2.08. The van der Waals surface area contributed by atoms with Gasteiger partial charge in [0.2, 0.25) is 5.88 Å². The summed E-state index contributed by atoms with van der Waals surface area (Å²) in [6, 6.07) is 5.76. The van der Waals surface area contributed by atoms with Crippen LogP contribution in [-0.4, -0.2) is 11.1 Å². The van der Waals surface area contributed by atoms with Gasteiger partial charge in [0.25, 0.3) is 0 Å². The molecule has 0 atom stereocenters. The third kappa shape index (κ3) is 5.23. The van der Waals surface area contributed by atoms with Gasteiger partial charge in [-0.15, -0.1) is 0 Å². The van der Waals surface area contributed by atoms with E-state index >= 15 is 0 Å². The smallest absolute Gasteiger partial charge is 0.213 e. The maximum atomic E-state index is 5.38. The van der Waals surface area contributed by atoms with Crippen LogP contribution in [0.1, 0.15) is 33.4 Å². The van der Waals surface area contributed by atoms with Crippen molar-refractivity contribution in [2.24, 2.45) is 0 Å². The minimum atomic E-state index is 0.198. The van der Waals surface area contributed by atoms with Crippen molar-refractivity contribution in [3.63, 3.8) is 0 Å². The van der Waals surface area contributed by atoms with Crippen molar-refractivity contribution in [2.75, 3.05) is 0 Å². The highest BCUT2D eigenvalue weighted by Gasteiger charge is 1.96. The lowest BCUT2D eigenvalue weighted by Crippen LogP contribution is -2.06. The molecule has 0 N–H and O–H groups in total. The molecule has 2 heteroatoms. The quantitative estimate of drug-likeness (QED) is 0.699. The van der Waals surface area contributed by atoms with Crippen LogP contribution < -0.4 is 4.74 Å². The summed E-state index contributed by atoms with van der Waals surface area (Å²) in [6.07, 6.45) is 0.198. The molecule has 0 aromatic carbocycles. The molecule has 0 aliphatic carbocycles. The van der Waals surface area contributed by atoms with Gasteiger partial charge in [0, 0.05) is 11.8 Å². The Morgan fingerprint density at radius 2 is 1.85 bits per heavy atom. The molecule has 74 valence electrons. The van der Waals surface area contributed by atoms with Crippen LogP contribution in [0.25, 0.3) is 0 Å². The van der Waals surface area contributed by atoms with Gasteiger partial charge in [-0.3, -0.25) is 0 Å². The Morgan fingerprint density at radius 1 is 1.23 bits per heavy atom. The topological polar surface area (TPSA) is 22.1 Å². The molecule has 0 saturated carbocycles. The normalized spacial score (nSPS) is 9.08. The first kappa shape index (κ1) is 11.9. The predicted molar refractivity (Wildman–Crippen MR) is 56.1 cm³/mol. The number of nitrogens with zero attached hydrogens (tertiary/aromatic N) is 1. The maximum absolute atomic E-state index is 5.38. The van der Waals surface area contributed by atoms with Crippen molar-refractivity contribution in [3.05, 3.63) is 23.9 Å². The van der Waals surface area contributed by atoms with Gasteiger partial charge in [-0.05, 0) is 26.8 Å². The van der Waals surface area contributed by atoms with E-state index in [9.17, 15) is 0 Å². The van der Waals surface area contributed by atoms with Gasteiger partial charge < -0.3 is 4.74 Å². The Bertz CT molecular complexity index is 233. The van der Waals surface area contributed by atoms with Gasteiger partial charge in [0.05, 0.1) is 6.10 Å². The molecule has 0 aliphatic rings. The highest BCUT2D eigenvalue weighted by molar-refractivity contribution is 5.14. The van der Waals surface area contributed by atoms with Gasteiger partial charge >= 0.3 is 0 Å². The Balaban J connectivity index is 0.000000671. The van der Waals surface area contributed by atoms with Crippen molar-refractivity contribution in [1.29, 1.82) is 0 Å². The summed E-state index contributed by atoms with van der Waals surface area (Å²) >= 11 is 0. The fraction of sp³-hybridized carbons (Fsp3) is 0.545. The van der Waals surface area contributed by atoms with Crippen molar-refractivity contribution in [1.82, 2.24) is 4.98 Å². The van der Waals surface area contributed by atoms with E-state index in [-0.39, 0.29) is 6.10 Å². The van der Waals surface area contributed by atoms with Crippen LogP contribution in [0.5, 0.6) is 5.88 Å². The third-order valence-corrected chi connectivity index (χ3v) is 1.22. The molecule has 0 spiro atoms. The zero-order valence-corrected chi connectivity index (χ0v) is 9.16. The first-order valence-electron chi connectivity index (χ1n) is 4.79. The van der Waals surface area contributed by atoms with Crippen LogP contribution in [0.3, 0.4) is 0 Å². The van der Waals surface area contributed by atoms with E-state index in [1.165, 1.54) is 0 Å². The Kier molecular flexibility index (Phi) is 5.94. The number of aryl methyl sites for hydroxylation is 1. The molecule has 1 rings (SSSR count). The second-order valence-electron chi connectivity index (χ2n) is 2.78. The first-order valence-corrected chi connectivity index (χ1v) is 4.79. The van der Waals surface area contributed by atoms with E-state index in [2.05, 4.69) is 4.98 Å². The molecule has 0 fully saturated rings. The summed E-state index contributed by atoms with van der Waals surface area (Å²) in [6.45, 7) is 9.93. The summed E-state index contributed by atoms with van der Waals surface area (Å²) in [4.78, 5) is 4.19. The Morgan fingerprint density at radius 3 is 2.31 bits per heavy atom. The maximum Gasteiger partial charge on any atom is 0.213 e. The molecule has 0 radical (unpaired) electrons. The molecule has 1 aromatic heterocycles. The van der Waals surface area contributed by atoms with E-state index < -0.39 is 0 Å². The minimum absolute atomic E-state index is 0.198. The van der Waals surface area contributed by atoms with Crippen LogP contribution in [0, 0.1) is 6.92 Å². The summed E-state index contributed by atoms with van der Waals surface area (Å²) in [5.74, 6) is 0.708. The molecule has 0 unspecified atom stereocenters. The molecule has 2 nitrogen and oxygen atoms in total. The van der Waals surface area contributed by atoms with Gasteiger partial charge in [-0.25, -0.2) is 4.98 Å². The van der Waals surface area contributed by atoms with E-state index in [1.54, 1.807) is 0 Å². The molecule has 0 saturated heterocycles. The molecule has 0 bridgehead atoms. The van der Waals surface area contributed by atoms with Crippen LogP contribution in [0.15, 0.2) is 18.2 Å². The van der Waals surface area contributed by atoms with E-state index in [1.807, 2.05) is 52.8 Å². The molecule has 13 heavy (non-hydrogen) atoms. The molecule has 1 aromatic rings. The van der Waals surface area contributed by atoms with Crippen molar-refractivity contribution in [3.8, 4) is 5.88 Å². The van der Waals surface area contributed by atoms with Gasteiger partial charge in [0.1, 0.15) is 0 Å². The van der Waals surface area contributed by atoms with Gasteiger partial charge in [0.15, 0.2) is 0 Å². The number of aromatic nitrogens is 1. The summed E-state index contributed by atoms with van der Waals surface area (Å²) in [5, 5.41) is 0.